The lowest BCUT2D eigenvalue weighted by molar-refractivity contribution is 0.0894. The third-order valence-corrected chi connectivity index (χ3v) is 3.37. The molecule has 21 heavy (non-hydrogen) atoms. The van der Waals surface area contributed by atoms with E-state index >= 15 is 0 Å². The molecule has 1 unspecified atom stereocenters. The summed E-state index contributed by atoms with van der Waals surface area (Å²) in [6, 6.07) is 5.23. The molecule has 0 saturated carbocycles. The summed E-state index contributed by atoms with van der Waals surface area (Å²) in [5.74, 6) is 1.19. The number of rotatable bonds is 7. The summed E-state index contributed by atoms with van der Waals surface area (Å²) in [5, 5.41) is 3.02. The molecule has 0 radical (unpaired) electrons. The first-order valence-corrected chi connectivity index (χ1v) is 7.10. The lowest BCUT2D eigenvalue weighted by Crippen LogP contribution is -2.52. The molecule has 0 saturated heterocycles. The Morgan fingerprint density at radius 3 is 2.48 bits per heavy atom. The van der Waals surface area contributed by atoms with Gasteiger partial charge < -0.3 is 20.5 Å². The monoisotopic (exact) mass is 294 g/mol. The molecule has 0 aliphatic rings. The lowest BCUT2D eigenvalue weighted by Gasteiger charge is -2.31. The summed E-state index contributed by atoms with van der Waals surface area (Å²) in [5.41, 5.74) is 5.84. The van der Waals surface area contributed by atoms with Crippen LogP contribution < -0.4 is 20.5 Å². The first-order chi connectivity index (χ1) is 9.86. The van der Waals surface area contributed by atoms with E-state index in [1.165, 1.54) is 7.11 Å². The molecule has 5 heteroatoms. The van der Waals surface area contributed by atoms with Crippen molar-refractivity contribution in [1.82, 2.24) is 5.32 Å². The van der Waals surface area contributed by atoms with Gasteiger partial charge in [0.15, 0.2) is 11.5 Å². The summed E-state index contributed by atoms with van der Waals surface area (Å²) < 4.78 is 10.5. The smallest absolute Gasteiger partial charge is 0.255 e. The van der Waals surface area contributed by atoms with Crippen LogP contribution in [-0.2, 0) is 0 Å². The zero-order valence-electron chi connectivity index (χ0n) is 13.5. The third kappa shape index (κ3) is 4.36. The zero-order chi connectivity index (χ0) is 16.0. The van der Waals surface area contributed by atoms with Gasteiger partial charge in [-0.2, -0.15) is 0 Å². The minimum Gasteiger partial charge on any atom is -0.493 e. The Morgan fingerprint density at radius 1 is 1.33 bits per heavy atom. The van der Waals surface area contributed by atoms with Gasteiger partial charge >= 0.3 is 0 Å². The number of methoxy groups -OCH3 is 2. The quantitative estimate of drug-likeness (QED) is 0.808. The second kappa shape index (κ2) is 7.31. The van der Waals surface area contributed by atoms with Crippen LogP contribution in [0, 0.1) is 5.92 Å². The maximum atomic E-state index is 12.5. The summed E-state index contributed by atoms with van der Waals surface area (Å²) >= 11 is 0. The van der Waals surface area contributed by atoms with Gasteiger partial charge in [0.25, 0.3) is 5.91 Å². The first-order valence-electron chi connectivity index (χ1n) is 7.10. The average molecular weight is 294 g/mol. The van der Waals surface area contributed by atoms with E-state index in [1.807, 2.05) is 6.92 Å². The molecule has 0 fully saturated rings. The van der Waals surface area contributed by atoms with E-state index in [1.54, 1.807) is 25.3 Å². The highest BCUT2D eigenvalue weighted by atomic mass is 16.5. The van der Waals surface area contributed by atoms with Crippen LogP contribution >= 0.6 is 0 Å². The van der Waals surface area contributed by atoms with Gasteiger partial charge in [0.1, 0.15) is 0 Å². The molecule has 1 rings (SSSR count). The van der Waals surface area contributed by atoms with Crippen molar-refractivity contribution in [2.45, 2.75) is 32.7 Å². The highest BCUT2D eigenvalue weighted by Gasteiger charge is 2.28. The molecular formula is C16H26N2O3. The van der Waals surface area contributed by atoms with Crippen LogP contribution in [0.2, 0.25) is 0 Å². The van der Waals surface area contributed by atoms with Crippen LogP contribution in [0.4, 0.5) is 0 Å². The SMILES string of the molecule is COc1cccc(C(=O)NC(C)(CN)CC(C)C)c1OC. The zero-order valence-corrected chi connectivity index (χ0v) is 13.5. The average Bonchev–Trinajstić information content (AvgIpc) is 2.45. The lowest BCUT2D eigenvalue weighted by atomic mass is 9.90. The summed E-state index contributed by atoms with van der Waals surface area (Å²) in [4.78, 5) is 12.5. The summed E-state index contributed by atoms with van der Waals surface area (Å²) in [7, 11) is 3.06. The molecule has 1 amide bonds. The fourth-order valence-electron chi connectivity index (χ4n) is 2.49. The molecule has 1 atom stereocenters. The van der Waals surface area contributed by atoms with Crippen molar-refractivity contribution in [2.24, 2.45) is 11.7 Å². The van der Waals surface area contributed by atoms with E-state index < -0.39 is 5.54 Å². The Labute approximate surface area is 126 Å². The number of carbonyl (C=O) groups is 1. The van der Waals surface area contributed by atoms with Crippen LogP contribution in [0.25, 0.3) is 0 Å². The summed E-state index contributed by atoms with van der Waals surface area (Å²) in [6.45, 7) is 6.54. The number of carbonyl (C=O) groups excluding carboxylic acids is 1. The van der Waals surface area contributed by atoms with Gasteiger partial charge in [0.05, 0.1) is 19.8 Å². The van der Waals surface area contributed by atoms with Crippen molar-refractivity contribution in [2.75, 3.05) is 20.8 Å². The fourth-order valence-corrected chi connectivity index (χ4v) is 2.49. The molecule has 3 N–H and O–H groups in total. The van der Waals surface area contributed by atoms with Crippen molar-refractivity contribution in [1.29, 1.82) is 0 Å². The van der Waals surface area contributed by atoms with Crippen LogP contribution in [0.1, 0.15) is 37.6 Å². The Balaban J connectivity index is 3.03. The number of ether oxygens (including phenoxy) is 2. The van der Waals surface area contributed by atoms with Crippen LogP contribution in [0.15, 0.2) is 18.2 Å². The Bertz CT molecular complexity index is 488. The van der Waals surface area contributed by atoms with E-state index in [4.69, 9.17) is 15.2 Å². The van der Waals surface area contributed by atoms with Gasteiger partial charge in [0.2, 0.25) is 0 Å². The number of nitrogens with one attached hydrogen (secondary N) is 1. The van der Waals surface area contributed by atoms with E-state index in [2.05, 4.69) is 19.2 Å². The molecule has 1 aromatic rings. The molecule has 0 aliphatic heterocycles. The van der Waals surface area contributed by atoms with Gasteiger partial charge in [-0.1, -0.05) is 19.9 Å². The normalized spacial score (nSPS) is 13.7. The number of nitrogens with two attached hydrogens (primary N) is 1. The van der Waals surface area contributed by atoms with Gasteiger partial charge in [0, 0.05) is 12.1 Å². The second-order valence-corrected chi connectivity index (χ2v) is 5.86. The van der Waals surface area contributed by atoms with Crippen molar-refractivity contribution < 1.29 is 14.3 Å². The Kier molecular flexibility index (Phi) is 6.03. The fraction of sp³-hybridized carbons (Fsp3) is 0.562. The standard InChI is InChI=1S/C16H26N2O3/c1-11(2)9-16(3,10-17)18-15(19)12-7-6-8-13(20-4)14(12)21-5/h6-8,11H,9-10,17H2,1-5H3,(H,18,19). The van der Waals surface area contributed by atoms with Crippen LogP contribution in [0.5, 0.6) is 11.5 Å². The van der Waals surface area contributed by atoms with E-state index in [0.29, 0.717) is 29.5 Å². The van der Waals surface area contributed by atoms with E-state index in [-0.39, 0.29) is 5.91 Å². The minimum atomic E-state index is -0.445. The van der Waals surface area contributed by atoms with Gasteiger partial charge in [-0.15, -0.1) is 0 Å². The molecule has 5 nitrogen and oxygen atoms in total. The Morgan fingerprint density at radius 2 is 2.00 bits per heavy atom. The number of hydrogen-bond donors (Lipinski definition) is 2. The summed E-state index contributed by atoms with van der Waals surface area (Å²) in [6.07, 6.45) is 0.807. The minimum absolute atomic E-state index is 0.209. The van der Waals surface area contributed by atoms with Gasteiger partial charge in [-0.3, -0.25) is 4.79 Å². The van der Waals surface area contributed by atoms with Crippen molar-refractivity contribution in [3.63, 3.8) is 0 Å². The van der Waals surface area contributed by atoms with Crippen molar-refractivity contribution in [3.05, 3.63) is 23.8 Å². The number of para-hydroxylation sites is 1. The maximum absolute atomic E-state index is 12.5. The van der Waals surface area contributed by atoms with Gasteiger partial charge in [-0.25, -0.2) is 0 Å². The highest BCUT2D eigenvalue weighted by molar-refractivity contribution is 5.98. The van der Waals surface area contributed by atoms with E-state index in [9.17, 15) is 4.79 Å². The van der Waals surface area contributed by atoms with Crippen molar-refractivity contribution >= 4 is 5.91 Å². The second-order valence-electron chi connectivity index (χ2n) is 5.86. The molecule has 0 spiro atoms. The maximum Gasteiger partial charge on any atom is 0.255 e. The predicted molar refractivity (Wildman–Crippen MR) is 83.9 cm³/mol. The highest BCUT2D eigenvalue weighted by Crippen LogP contribution is 2.31. The molecule has 1 aromatic carbocycles. The van der Waals surface area contributed by atoms with Gasteiger partial charge in [-0.05, 0) is 31.4 Å². The van der Waals surface area contributed by atoms with Crippen molar-refractivity contribution in [3.8, 4) is 11.5 Å². The Hall–Kier alpha value is -1.75. The number of amides is 1. The number of hydrogen-bond acceptors (Lipinski definition) is 4. The van der Waals surface area contributed by atoms with E-state index in [0.717, 1.165) is 6.42 Å². The molecule has 0 aromatic heterocycles. The topological polar surface area (TPSA) is 73.6 Å². The molecule has 0 bridgehead atoms. The molecule has 118 valence electrons. The molecule has 0 aliphatic carbocycles. The predicted octanol–water partition coefficient (Wildman–Crippen LogP) is 2.20. The molecular weight excluding hydrogens is 268 g/mol. The van der Waals surface area contributed by atoms with Crippen LogP contribution in [-0.4, -0.2) is 32.2 Å². The first kappa shape index (κ1) is 17.3. The number of benzene rings is 1. The largest absolute Gasteiger partial charge is 0.493 e. The third-order valence-electron chi connectivity index (χ3n) is 3.37. The van der Waals surface area contributed by atoms with Crippen LogP contribution in [0.3, 0.4) is 0 Å². The molecule has 0 heterocycles.